The van der Waals surface area contributed by atoms with E-state index in [9.17, 15) is 13.6 Å². The van der Waals surface area contributed by atoms with E-state index < -0.39 is 11.6 Å². The van der Waals surface area contributed by atoms with E-state index in [1.54, 1.807) is 31.5 Å². The Morgan fingerprint density at radius 2 is 1.87 bits per heavy atom. The normalized spacial score (nSPS) is 11.1. The fraction of sp³-hybridized carbons (Fsp3) is 0.136. The Morgan fingerprint density at radius 1 is 1.10 bits per heavy atom. The van der Waals surface area contributed by atoms with Gasteiger partial charge in [-0.05, 0) is 42.2 Å². The molecule has 0 aliphatic rings. The number of aromatic amines is 1. The number of H-pyrrole nitrogens is 1. The first-order chi connectivity index (χ1) is 14.5. The summed E-state index contributed by atoms with van der Waals surface area (Å²) in [5.74, 6) is -0.190. The lowest BCUT2D eigenvalue weighted by molar-refractivity contribution is 0.405. The van der Waals surface area contributed by atoms with Crippen molar-refractivity contribution < 1.29 is 13.5 Å². The molecule has 1 N–H and O–H groups in total. The van der Waals surface area contributed by atoms with Crippen LogP contribution in [0.4, 0.5) is 8.78 Å². The number of halogens is 2. The first-order valence-corrected chi connectivity index (χ1v) is 10.3. The number of ether oxygens (including phenoxy) is 1. The lowest BCUT2D eigenvalue weighted by atomic mass is 10.1. The maximum absolute atomic E-state index is 13.4. The summed E-state index contributed by atoms with van der Waals surface area (Å²) in [6.07, 6.45) is 3.88. The zero-order valence-corrected chi connectivity index (χ0v) is 17.0. The van der Waals surface area contributed by atoms with Gasteiger partial charge in [-0.1, -0.05) is 6.07 Å². The SMILES string of the molecule is COc1cc2c(=O)[nH]c(Cc3ccc(-c4cc(F)cc(F)c4)nc3)nc2cc1SC. The number of benzene rings is 2. The van der Waals surface area contributed by atoms with Crippen molar-refractivity contribution in [2.45, 2.75) is 11.3 Å². The third-order valence-corrected chi connectivity index (χ3v) is 5.37. The Hall–Kier alpha value is -3.26. The molecule has 0 bridgehead atoms. The van der Waals surface area contributed by atoms with Gasteiger partial charge in [0.1, 0.15) is 23.2 Å². The summed E-state index contributed by atoms with van der Waals surface area (Å²) in [6, 6.07) is 10.3. The van der Waals surface area contributed by atoms with Crippen molar-refractivity contribution in [1.82, 2.24) is 15.0 Å². The van der Waals surface area contributed by atoms with E-state index in [1.807, 2.05) is 12.3 Å². The third-order valence-electron chi connectivity index (χ3n) is 4.61. The summed E-state index contributed by atoms with van der Waals surface area (Å²) in [5.41, 5.74) is 1.94. The highest BCUT2D eigenvalue weighted by molar-refractivity contribution is 7.98. The monoisotopic (exact) mass is 425 g/mol. The molecule has 0 spiro atoms. The van der Waals surface area contributed by atoms with Crippen molar-refractivity contribution in [3.63, 3.8) is 0 Å². The number of hydrogen-bond donors (Lipinski definition) is 1. The average Bonchev–Trinajstić information content (AvgIpc) is 2.72. The Balaban J connectivity index is 1.64. The van der Waals surface area contributed by atoms with Gasteiger partial charge < -0.3 is 9.72 Å². The zero-order chi connectivity index (χ0) is 21.3. The van der Waals surface area contributed by atoms with Crippen LogP contribution in [-0.2, 0) is 6.42 Å². The summed E-state index contributed by atoms with van der Waals surface area (Å²) >= 11 is 1.51. The molecule has 2 aromatic heterocycles. The summed E-state index contributed by atoms with van der Waals surface area (Å²) in [4.78, 5) is 25.1. The molecule has 152 valence electrons. The van der Waals surface area contributed by atoms with Crippen molar-refractivity contribution in [2.24, 2.45) is 0 Å². The fourth-order valence-electron chi connectivity index (χ4n) is 3.19. The second-order valence-electron chi connectivity index (χ2n) is 6.62. The Labute approximate surface area is 175 Å². The van der Waals surface area contributed by atoms with Crippen LogP contribution in [-0.4, -0.2) is 28.3 Å². The van der Waals surface area contributed by atoms with Crippen molar-refractivity contribution in [3.05, 3.63) is 82.0 Å². The molecular weight excluding hydrogens is 408 g/mol. The van der Waals surface area contributed by atoms with Crippen LogP contribution in [0.1, 0.15) is 11.4 Å². The van der Waals surface area contributed by atoms with Gasteiger partial charge in [0.05, 0.1) is 28.6 Å². The van der Waals surface area contributed by atoms with Gasteiger partial charge in [0.2, 0.25) is 0 Å². The Bertz CT molecular complexity index is 1270. The van der Waals surface area contributed by atoms with Gasteiger partial charge in [-0.15, -0.1) is 11.8 Å². The average molecular weight is 425 g/mol. The van der Waals surface area contributed by atoms with Crippen LogP contribution in [0.2, 0.25) is 0 Å². The molecule has 0 radical (unpaired) electrons. The molecule has 4 aromatic rings. The van der Waals surface area contributed by atoms with Gasteiger partial charge in [0, 0.05) is 24.2 Å². The highest BCUT2D eigenvalue weighted by Gasteiger charge is 2.11. The van der Waals surface area contributed by atoms with Crippen LogP contribution in [0.25, 0.3) is 22.2 Å². The third kappa shape index (κ3) is 4.04. The highest BCUT2D eigenvalue weighted by Crippen LogP contribution is 2.30. The van der Waals surface area contributed by atoms with Gasteiger partial charge in [0.25, 0.3) is 5.56 Å². The van der Waals surface area contributed by atoms with Gasteiger partial charge >= 0.3 is 0 Å². The number of methoxy groups -OCH3 is 1. The quantitative estimate of drug-likeness (QED) is 0.474. The molecule has 4 rings (SSSR count). The Kier molecular flexibility index (Phi) is 5.50. The summed E-state index contributed by atoms with van der Waals surface area (Å²) in [5, 5.41) is 0.454. The van der Waals surface area contributed by atoms with Gasteiger partial charge in [-0.2, -0.15) is 0 Å². The smallest absolute Gasteiger partial charge is 0.258 e. The standard InChI is InChI=1S/C22H17F2N3O2S/c1-29-19-9-16-18(10-20(19)30-2)26-21(27-22(16)28)5-12-3-4-17(25-11-12)13-6-14(23)8-15(24)7-13/h3-4,6-11H,5H2,1-2H3,(H,26,27,28). The minimum Gasteiger partial charge on any atom is -0.496 e. The topological polar surface area (TPSA) is 67.9 Å². The van der Waals surface area contributed by atoms with Gasteiger partial charge in [-0.3, -0.25) is 9.78 Å². The maximum atomic E-state index is 13.4. The summed E-state index contributed by atoms with van der Waals surface area (Å²) in [7, 11) is 1.56. The van der Waals surface area contributed by atoms with Crippen LogP contribution in [0.3, 0.4) is 0 Å². The first-order valence-electron chi connectivity index (χ1n) is 9.03. The van der Waals surface area contributed by atoms with E-state index >= 15 is 0 Å². The van der Waals surface area contributed by atoms with E-state index in [2.05, 4.69) is 15.0 Å². The minimum atomic E-state index is -0.657. The van der Waals surface area contributed by atoms with E-state index in [0.29, 0.717) is 40.2 Å². The molecule has 8 heteroatoms. The molecule has 0 saturated heterocycles. The summed E-state index contributed by atoms with van der Waals surface area (Å²) < 4.78 is 32.2. The minimum absolute atomic E-state index is 0.249. The van der Waals surface area contributed by atoms with E-state index in [-0.39, 0.29) is 5.56 Å². The number of thioether (sulfide) groups is 1. The molecule has 30 heavy (non-hydrogen) atoms. The lowest BCUT2D eigenvalue weighted by Crippen LogP contribution is -2.12. The second kappa shape index (κ2) is 8.23. The molecule has 0 atom stereocenters. The van der Waals surface area contributed by atoms with E-state index in [1.165, 1.54) is 23.9 Å². The van der Waals surface area contributed by atoms with Gasteiger partial charge in [-0.25, -0.2) is 13.8 Å². The summed E-state index contributed by atoms with van der Waals surface area (Å²) in [6.45, 7) is 0. The predicted molar refractivity (Wildman–Crippen MR) is 113 cm³/mol. The molecule has 0 amide bonds. The molecular formula is C22H17F2N3O2S. The van der Waals surface area contributed by atoms with Crippen LogP contribution < -0.4 is 10.3 Å². The van der Waals surface area contributed by atoms with Crippen molar-refractivity contribution in [3.8, 4) is 17.0 Å². The molecule has 5 nitrogen and oxygen atoms in total. The molecule has 0 unspecified atom stereocenters. The number of fused-ring (bicyclic) bond motifs is 1. The van der Waals surface area contributed by atoms with Crippen LogP contribution in [0, 0.1) is 11.6 Å². The fourth-order valence-corrected chi connectivity index (χ4v) is 3.77. The molecule has 0 aliphatic carbocycles. The maximum Gasteiger partial charge on any atom is 0.258 e. The number of nitrogens with one attached hydrogen (secondary N) is 1. The van der Waals surface area contributed by atoms with E-state index in [0.717, 1.165) is 16.5 Å². The molecule has 0 fully saturated rings. The number of rotatable bonds is 5. The number of nitrogens with zero attached hydrogens (tertiary/aromatic N) is 2. The van der Waals surface area contributed by atoms with Crippen LogP contribution in [0.5, 0.6) is 5.75 Å². The molecule has 0 aliphatic heterocycles. The largest absolute Gasteiger partial charge is 0.496 e. The van der Waals surface area contributed by atoms with Crippen molar-refractivity contribution >= 4 is 22.7 Å². The second-order valence-corrected chi connectivity index (χ2v) is 7.47. The Morgan fingerprint density at radius 3 is 2.50 bits per heavy atom. The zero-order valence-electron chi connectivity index (χ0n) is 16.2. The highest BCUT2D eigenvalue weighted by atomic mass is 32.2. The predicted octanol–water partition coefficient (Wildman–Crippen LogP) is 4.58. The number of pyridine rings is 1. The molecule has 2 heterocycles. The first kappa shape index (κ1) is 20.0. The number of hydrogen-bond acceptors (Lipinski definition) is 5. The van der Waals surface area contributed by atoms with Crippen molar-refractivity contribution in [2.75, 3.05) is 13.4 Å². The van der Waals surface area contributed by atoms with Crippen LogP contribution >= 0.6 is 11.8 Å². The van der Waals surface area contributed by atoms with Crippen molar-refractivity contribution in [1.29, 1.82) is 0 Å². The van der Waals surface area contributed by atoms with Gasteiger partial charge in [0.15, 0.2) is 0 Å². The number of aromatic nitrogens is 3. The molecule has 2 aromatic carbocycles. The molecule has 0 saturated carbocycles. The van der Waals surface area contributed by atoms with E-state index in [4.69, 9.17) is 4.74 Å². The van der Waals surface area contributed by atoms with Crippen LogP contribution in [0.15, 0.2) is 58.4 Å². The lowest BCUT2D eigenvalue weighted by Gasteiger charge is -2.09.